The Hall–Kier alpha value is -2.33. The number of hydrogen-bond donors (Lipinski definition) is 3. The number of hydrogen-bond acceptors (Lipinski definition) is 7. The molecule has 1 unspecified atom stereocenters. The number of rotatable bonds is 13. The van der Waals surface area contributed by atoms with E-state index in [0.717, 1.165) is 10.2 Å². The van der Waals surface area contributed by atoms with E-state index in [9.17, 15) is 18.3 Å². The van der Waals surface area contributed by atoms with E-state index in [4.69, 9.17) is 0 Å². The largest absolute Gasteiger partial charge is 0.386 e. The van der Waals surface area contributed by atoms with Crippen molar-refractivity contribution in [3.05, 3.63) is 65.2 Å². The molecule has 0 bridgehead atoms. The standard InChI is InChI=1S/C25H33N3O4S2/c1-18(2)27-21(17-34(31,32)16-19-10-4-3-5-11-19)24(30)26-15-9-8-13-22(29)25-28-20-12-6-7-14-23(20)33-25/h3-7,10-12,14,18,21-22,27,29H,8-9,13,15-17H2,1-2H3,(H,26,30)/t21-,22?/m0/s1. The van der Waals surface area contributed by atoms with Gasteiger partial charge in [-0.3, -0.25) is 4.79 Å². The van der Waals surface area contributed by atoms with E-state index in [1.807, 2.05) is 44.2 Å². The second kappa shape index (κ2) is 12.4. The number of carbonyl (C=O) groups is 1. The summed E-state index contributed by atoms with van der Waals surface area (Å²) in [4.78, 5) is 17.2. The predicted molar refractivity (Wildman–Crippen MR) is 137 cm³/mol. The van der Waals surface area contributed by atoms with Crippen molar-refractivity contribution in [2.75, 3.05) is 12.3 Å². The summed E-state index contributed by atoms with van der Waals surface area (Å²) in [6, 6.07) is 15.9. The SMILES string of the molecule is CC(C)N[C@@H](CS(=O)(=O)Cc1ccccc1)C(=O)NCCCCC(O)c1nc2ccccc2s1. The van der Waals surface area contributed by atoms with E-state index < -0.39 is 22.0 Å². The maximum absolute atomic E-state index is 12.7. The fourth-order valence-corrected chi connectivity index (χ4v) is 6.26. The highest BCUT2D eigenvalue weighted by Crippen LogP contribution is 2.28. The number of aliphatic hydroxyl groups is 1. The molecule has 2 aromatic carbocycles. The maximum atomic E-state index is 12.7. The van der Waals surface area contributed by atoms with Crippen molar-refractivity contribution < 1.29 is 18.3 Å². The van der Waals surface area contributed by atoms with Gasteiger partial charge in [0.25, 0.3) is 0 Å². The monoisotopic (exact) mass is 503 g/mol. The molecule has 0 radical (unpaired) electrons. The Bertz CT molecular complexity index is 1130. The summed E-state index contributed by atoms with van der Waals surface area (Å²) in [6.45, 7) is 4.18. The van der Waals surface area contributed by atoms with Gasteiger partial charge >= 0.3 is 0 Å². The fourth-order valence-electron chi connectivity index (χ4n) is 3.70. The molecule has 7 nitrogen and oxygen atoms in total. The van der Waals surface area contributed by atoms with Gasteiger partial charge in [-0.2, -0.15) is 0 Å². The summed E-state index contributed by atoms with van der Waals surface area (Å²) < 4.78 is 26.4. The van der Waals surface area contributed by atoms with Crippen LogP contribution in [-0.4, -0.2) is 48.8 Å². The number of para-hydroxylation sites is 1. The van der Waals surface area contributed by atoms with Crippen LogP contribution in [0.2, 0.25) is 0 Å². The molecule has 0 saturated heterocycles. The third kappa shape index (κ3) is 8.16. The molecule has 9 heteroatoms. The zero-order chi connectivity index (χ0) is 24.6. The molecule has 184 valence electrons. The lowest BCUT2D eigenvalue weighted by molar-refractivity contribution is -0.122. The molecule has 34 heavy (non-hydrogen) atoms. The normalized spacial score (nSPS) is 13.8. The molecular formula is C25H33N3O4S2. The van der Waals surface area contributed by atoms with Crippen LogP contribution in [0, 0.1) is 0 Å². The van der Waals surface area contributed by atoms with Crippen molar-refractivity contribution in [1.82, 2.24) is 15.6 Å². The van der Waals surface area contributed by atoms with E-state index in [-0.39, 0.29) is 23.5 Å². The van der Waals surface area contributed by atoms with Gasteiger partial charge in [0.1, 0.15) is 17.2 Å². The van der Waals surface area contributed by atoms with Crippen molar-refractivity contribution in [2.45, 2.75) is 57.1 Å². The maximum Gasteiger partial charge on any atom is 0.238 e. The third-order valence-corrected chi connectivity index (χ3v) is 8.05. The second-order valence-electron chi connectivity index (χ2n) is 8.74. The third-order valence-electron chi connectivity index (χ3n) is 5.30. The molecule has 0 spiro atoms. The Morgan fingerprint density at radius 3 is 2.47 bits per heavy atom. The van der Waals surface area contributed by atoms with E-state index in [1.54, 1.807) is 24.3 Å². The number of fused-ring (bicyclic) bond motifs is 1. The minimum absolute atomic E-state index is 0.0355. The number of nitrogens with one attached hydrogen (secondary N) is 2. The van der Waals surface area contributed by atoms with Crippen LogP contribution in [-0.2, 0) is 20.4 Å². The number of amides is 1. The highest BCUT2D eigenvalue weighted by molar-refractivity contribution is 7.90. The topological polar surface area (TPSA) is 108 Å². The molecule has 1 heterocycles. The Morgan fingerprint density at radius 2 is 1.76 bits per heavy atom. The summed E-state index contributed by atoms with van der Waals surface area (Å²) in [5.41, 5.74) is 1.60. The first kappa shape index (κ1) is 26.3. The number of nitrogens with zero attached hydrogens (tertiary/aromatic N) is 1. The predicted octanol–water partition coefficient (Wildman–Crippen LogP) is 3.60. The molecule has 3 rings (SSSR count). The van der Waals surface area contributed by atoms with Crippen molar-refractivity contribution >= 4 is 37.3 Å². The van der Waals surface area contributed by atoms with E-state index in [2.05, 4.69) is 15.6 Å². The van der Waals surface area contributed by atoms with Gasteiger partial charge in [-0.25, -0.2) is 13.4 Å². The number of thiazole rings is 1. The Balaban J connectivity index is 1.45. The van der Waals surface area contributed by atoms with Gasteiger partial charge < -0.3 is 15.7 Å². The van der Waals surface area contributed by atoms with Crippen LogP contribution < -0.4 is 10.6 Å². The molecule has 2 atom stereocenters. The lowest BCUT2D eigenvalue weighted by atomic mass is 10.1. The van der Waals surface area contributed by atoms with E-state index >= 15 is 0 Å². The Morgan fingerprint density at radius 1 is 1.06 bits per heavy atom. The highest BCUT2D eigenvalue weighted by atomic mass is 32.2. The fraction of sp³-hybridized carbons (Fsp3) is 0.440. The smallest absolute Gasteiger partial charge is 0.238 e. The summed E-state index contributed by atoms with van der Waals surface area (Å²) in [5, 5.41) is 17.1. The van der Waals surface area contributed by atoms with Gasteiger partial charge in [0.05, 0.1) is 21.7 Å². The van der Waals surface area contributed by atoms with Gasteiger partial charge in [0.2, 0.25) is 5.91 Å². The van der Waals surface area contributed by atoms with Crippen LogP contribution in [0.1, 0.15) is 49.8 Å². The first-order valence-electron chi connectivity index (χ1n) is 11.5. The number of benzene rings is 2. The molecule has 0 aliphatic carbocycles. The average molecular weight is 504 g/mol. The van der Waals surface area contributed by atoms with Crippen LogP contribution in [0.15, 0.2) is 54.6 Å². The molecular weight excluding hydrogens is 470 g/mol. The first-order chi connectivity index (χ1) is 16.2. The molecule has 0 saturated carbocycles. The minimum Gasteiger partial charge on any atom is -0.386 e. The van der Waals surface area contributed by atoms with E-state index in [1.165, 1.54) is 11.3 Å². The van der Waals surface area contributed by atoms with Gasteiger partial charge in [-0.05, 0) is 37.0 Å². The van der Waals surface area contributed by atoms with Crippen molar-refractivity contribution in [1.29, 1.82) is 0 Å². The second-order valence-corrected chi connectivity index (χ2v) is 11.9. The molecule has 3 aromatic rings. The van der Waals surface area contributed by atoms with Crippen LogP contribution in [0.25, 0.3) is 10.2 Å². The average Bonchev–Trinajstić information content (AvgIpc) is 3.22. The highest BCUT2D eigenvalue weighted by Gasteiger charge is 2.26. The lowest BCUT2D eigenvalue weighted by Gasteiger charge is -2.21. The number of aromatic nitrogens is 1. The zero-order valence-electron chi connectivity index (χ0n) is 19.6. The number of carbonyl (C=O) groups excluding carboxylic acids is 1. The molecule has 0 aliphatic rings. The van der Waals surface area contributed by atoms with Crippen LogP contribution in [0.4, 0.5) is 0 Å². The molecule has 3 N–H and O–H groups in total. The number of sulfone groups is 1. The minimum atomic E-state index is -3.48. The lowest BCUT2D eigenvalue weighted by Crippen LogP contribution is -2.50. The molecule has 1 amide bonds. The summed E-state index contributed by atoms with van der Waals surface area (Å²) in [6.07, 6.45) is 1.31. The zero-order valence-corrected chi connectivity index (χ0v) is 21.2. The molecule has 0 aliphatic heterocycles. The van der Waals surface area contributed by atoms with Gasteiger partial charge in [-0.1, -0.05) is 56.3 Å². The van der Waals surface area contributed by atoms with Gasteiger partial charge in [0, 0.05) is 12.6 Å². The Kier molecular flexibility index (Phi) is 9.58. The van der Waals surface area contributed by atoms with E-state index in [0.29, 0.717) is 36.4 Å². The van der Waals surface area contributed by atoms with Crippen molar-refractivity contribution in [2.24, 2.45) is 0 Å². The molecule has 0 fully saturated rings. The van der Waals surface area contributed by atoms with Crippen molar-refractivity contribution in [3.63, 3.8) is 0 Å². The van der Waals surface area contributed by atoms with Crippen molar-refractivity contribution in [3.8, 4) is 0 Å². The summed E-state index contributed by atoms with van der Waals surface area (Å²) in [7, 11) is -3.48. The van der Waals surface area contributed by atoms with Crippen LogP contribution >= 0.6 is 11.3 Å². The van der Waals surface area contributed by atoms with Gasteiger partial charge in [0.15, 0.2) is 9.84 Å². The Labute approximate surface area is 205 Å². The number of aliphatic hydroxyl groups excluding tert-OH is 1. The van der Waals surface area contributed by atoms with Crippen LogP contribution in [0.5, 0.6) is 0 Å². The van der Waals surface area contributed by atoms with Gasteiger partial charge in [-0.15, -0.1) is 11.3 Å². The quantitative estimate of drug-likeness (QED) is 0.308. The number of unbranched alkanes of at least 4 members (excludes halogenated alkanes) is 1. The first-order valence-corrected chi connectivity index (χ1v) is 14.2. The summed E-state index contributed by atoms with van der Waals surface area (Å²) >= 11 is 1.49. The molecule has 1 aromatic heterocycles. The van der Waals surface area contributed by atoms with Crippen LogP contribution in [0.3, 0.4) is 0 Å². The summed E-state index contributed by atoms with van der Waals surface area (Å²) in [5.74, 6) is -0.680.